The van der Waals surface area contributed by atoms with Gasteiger partial charge < -0.3 is 10.5 Å². The zero-order valence-electron chi connectivity index (χ0n) is 11.6. The summed E-state index contributed by atoms with van der Waals surface area (Å²) in [6, 6.07) is 0. The molecule has 0 unspecified atom stereocenters. The Kier molecular flexibility index (Phi) is 6.08. The van der Waals surface area contributed by atoms with Gasteiger partial charge in [0.2, 0.25) is 0 Å². The number of hydrogen-bond acceptors (Lipinski definition) is 3. The van der Waals surface area contributed by atoms with Crippen LogP contribution in [0.1, 0.15) is 39.5 Å². The molecule has 114 valence electrons. The molecule has 0 aromatic carbocycles. The Balaban J connectivity index is 2.33. The number of alkyl halides is 3. The molecular formula is C13H24F3NO2. The maximum absolute atomic E-state index is 11.8. The van der Waals surface area contributed by atoms with Gasteiger partial charge in [-0.25, -0.2) is 0 Å². The average molecular weight is 283 g/mol. The molecule has 2 N–H and O–H groups in total. The minimum atomic E-state index is -4.59. The molecule has 0 aliphatic heterocycles. The molecule has 0 aromatic heterocycles. The number of hydrogen-bond donors (Lipinski definition) is 1. The van der Waals surface area contributed by atoms with E-state index in [1.165, 1.54) is 0 Å². The minimum absolute atomic E-state index is 0.0664. The molecule has 19 heavy (non-hydrogen) atoms. The Bertz CT molecular complexity index is 261. The second kappa shape index (κ2) is 6.90. The number of nitrogens with two attached hydrogens (primary N) is 1. The number of halogens is 3. The fraction of sp³-hybridized carbons (Fsp3) is 1.00. The van der Waals surface area contributed by atoms with Gasteiger partial charge in [0.05, 0.1) is 18.8 Å². The maximum Gasteiger partial charge on any atom is 0.522 e. The highest BCUT2D eigenvalue weighted by Crippen LogP contribution is 2.37. The van der Waals surface area contributed by atoms with Crippen LogP contribution in [0.25, 0.3) is 0 Å². The second-order valence-electron chi connectivity index (χ2n) is 5.61. The van der Waals surface area contributed by atoms with Crippen molar-refractivity contribution < 1.29 is 22.6 Å². The zero-order chi connectivity index (χ0) is 14.5. The summed E-state index contributed by atoms with van der Waals surface area (Å²) >= 11 is 0. The second-order valence-corrected chi connectivity index (χ2v) is 5.61. The molecule has 1 saturated carbocycles. The summed E-state index contributed by atoms with van der Waals surface area (Å²) in [5.41, 5.74) is 5.28. The highest BCUT2D eigenvalue weighted by Gasteiger charge is 2.36. The van der Waals surface area contributed by atoms with E-state index < -0.39 is 18.6 Å². The Labute approximate surface area is 112 Å². The van der Waals surface area contributed by atoms with Gasteiger partial charge in [0.25, 0.3) is 0 Å². The van der Waals surface area contributed by atoms with E-state index in [9.17, 15) is 13.2 Å². The molecule has 0 amide bonds. The highest BCUT2D eigenvalue weighted by molar-refractivity contribution is 4.89. The van der Waals surface area contributed by atoms with E-state index in [2.05, 4.69) is 18.6 Å². The van der Waals surface area contributed by atoms with Crippen LogP contribution in [0.5, 0.6) is 0 Å². The van der Waals surface area contributed by atoms with Crippen molar-refractivity contribution in [1.29, 1.82) is 0 Å². The monoisotopic (exact) mass is 283 g/mol. The third-order valence-corrected chi connectivity index (χ3v) is 4.01. The van der Waals surface area contributed by atoms with Crippen LogP contribution in [0.3, 0.4) is 0 Å². The molecular weight excluding hydrogens is 259 g/mol. The zero-order valence-corrected chi connectivity index (χ0v) is 11.6. The van der Waals surface area contributed by atoms with Crippen LogP contribution in [-0.4, -0.2) is 31.7 Å². The van der Waals surface area contributed by atoms with Crippen molar-refractivity contribution in [1.82, 2.24) is 0 Å². The largest absolute Gasteiger partial charge is 0.522 e. The molecule has 1 aliphatic carbocycles. The van der Waals surface area contributed by atoms with Crippen LogP contribution in [0.15, 0.2) is 0 Å². The molecule has 0 bridgehead atoms. The van der Waals surface area contributed by atoms with Crippen molar-refractivity contribution in [2.24, 2.45) is 17.6 Å². The topological polar surface area (TPSA) is 44.5 Å². The molecule has 1 rings (SSSR count). The normalized spacial score (nSPS) is 28.9. The average Bonchev–Trinajstić information content (AvgIpc) is 2.34. The lowest BCUT2D eigenvalue weighted by atomic mass is 9.74. The van der Waals surface area contributed by atoms with E-state index in [4.69, 9.17) is 10.5 Å². The lowest BCUT2D eigenvalue weighted by Crippen LogP contribution is -2.45. The lowest BCUT2D eigenvalue weighted by Gasteiger charge is -2.40. The van der Waals surface area contributed by atoms with Crippen LogP contribution in [0, 0.1) is 11.8 Å². The van der Waals surface area contributed by atoms with Gasteiger partial charge in [0, 0.05) is 6.54 Å². The Morgan fingerprint density at radius 1 is 1.21 bits per heavy atom. The van der Waals surface area contributed by atoms with E-state index in [1.54, 1.807) is 0 Å². The van der Waals surface area contributed by atoms with Gasteiger partial charge in [-0.15, -0.1) is 13.2 Å². The van der Waals surface area contributed by atoms with Gasteiger partial charge in [-0.3, -0.25) is 4.74 Å². The SMILES string of the molecule is CC(C)C1CCC(CN)(OCCOC(F)(F)F)CC1. The van der Waals surface area contributed by atoms with Crippen molar-refractivity contribution in [3.63, 3.8) is 0 Å². The van der Waals surface area contributed by atoms with Crippen molar-refractivity contribution in [2.75, 3.05) is 19.8 Å². The predicted octanol–water partition coefficient (Wildman–Crippen LogP) is 3.08. The van der Waals surface area contributed by atoms with Gasteiger partial charge in [-0.1, -0.05) is 13.8 Å². The highest BCUT2D eigenvalue weighted by atomic mass is 19.4. The summed E-state index contributed by atoms with van der Waals surface area (Å²) in [5.74, 6) is 1.29. The molecule has 3 nitrogen and oxygen atoms in total. The predicted molar refractivity (Wildman–Crippen MR) is 66.5 cm³/mol. The van der Waals surface area contributed by atoms with Crippen molar-refractivity contribution in [3.05, 3.63) is 0 Å². The number of rotatable bonds is 6. The smallest absolute Gasteiger partial charge is 0.371 e. The van der Waals surface area contributed by atoms with E-state index in [0.29, 0.717) is 18.4 Å². The van der Waals surface area contributed by atoms with Crippen LogP contribution in [0.4, 0.5) is 13.2 Å². The molecule has 0 radical (unpaired) electrons. The van der Waals surface area contributed by atoms with Crippen LogP contribution in [-0.2, 0) is 9.47 Å². The quantitative estimate of drug-likeness (QED) is 0.762. The summed E-state index contributed by atoms with van der Waals surface area (Å²) < 4.78 is 44.8. The molecule has 1 aliphatic rings. The van der Waals surface area contributed by atoms with Crippen molar-refractivity contribution in [2.45, 2.75) is 51.5 Å². The summed E-state index contributed by atoms with van der Waals surface area (Å²) in [5, 5.41) is 0. The first-order valence-electron chi connectivity index (χ1n) is 6.83. The molecule has 6 heteroatoms. The molecule has 0 heterocycles. The minimum Gasteiger partial charge on any atom is -0.371 e. The Morgan fingerprint density at radius 3 is 2.21 bits per heavy atom. The van der Waals surface area contributed by atoms with Crippen molar-refractivity contribution in [3.8, 4) is 0 Å². The van der Waals surface area contributed by atoms with Gasteiger partial charge in [-0.05, 0) is 37.5 Å². The van der Waals surface area contributed by atoms with Gasteiger partial charge in [0.15, 0.2) is 0 Å². The third kappa shape index (κ3) is 5.67. The Hall–Kier alpha value is -0.330. The van der Waals surface area contributed by atoms with Gasteiger partial charge >= 0.3 is 6.36 Å². The standard InChI is InChI=1S/C13H24F3NO2/c1-10(2)11-3-5-12(9-17,6-4-11)18-7-8-19-13(14,15)16/h10-11H,3-9,17H2,1-2H3. The first-order valence-corrected chi connectivity index (χ1v) is 6.83. The summed E-state index contributed by atoms with van der Waals surface area (Å²) in [6.07, 6.45) is -0.907. The lowest BCUT2D eigenvalue weighted by molar-refractivity contribution is -0.328. The van der Waals surface area contributed by atoms with Crippen LogP contribution < -0.4 is 5.73 Å². The van der Waals surface area contributed by atoms with Crippen LogP contribution in [0.2, 0.25) is 0 Å². The molecule has 0 saturated heterocycles. The summed E-state index contributed by atoms with van der Waals surface area (Å²) in [6.45, 7) is 4.20. The van der Waals surface area contributed by atoms with E-state index >= 15 is 0 Å². The van der Waals surface area contributed by atoms with Gasteiger partial charge in [-0.2, -0.15) is 0 Å². The first-order chi connectivity index (χ1) is 8.78. The van der Waals surface area contributed by atoms with E-state index in [-0.39, 0.29) is 6.61 Å². The van der Waals surface area contributed by atoms with Gasteiger partial charge in [0.1, 0.15) is 0 Å². The van der Waals surface area contributed by atoms with E-state index in [0.717, 1.165) is 25.7 Å². The molecule has 0 spiro atoms. The number of ether oxygens (including phenoxy) is 2. The third-order valence-electron chi connectivity index (χ3n) is 4.01. The van der Waals surface area contributed by atoms with E-state index in [1.807, 2.05) is 0 Å². The molecule has 1 fully saturated rings. The Morgan fingerprint density at radius 2 is 1.79 bits per heavy atom. The van der Waals surface area contributed by atoms with Crippen LogP contribution >= 0.6 is 0 Å². The fourth-order valence-corrected chi connectivity index (χ4v) is 2.66. The summed E-state index contributed by atoms with van der Waals surface area (Å²) in [7, 11) is 0. The molecule has 0 atom stereocenters. The van der Waals surface area contributed by atoms with Crippen molar-refractivity contribution >= 4 is 0 Å². The fourth-order valence-electron chi connectivity index (χ4n) is 2.66. The first kappa shape index (κ1) is 16.7. The molecule has 0 aromatic rings. The maximum atomic E-state index is 11.8. The summed E-state index contributed by atoms with van der Waals surface area (Å²) in [4.78, 5) is 0.